The van der Waals surface area contributed by atoms with Crippen LogP contribution in [0.5, 0.6) is 0 Å². The number of carbonyl (C=O) groups excluding carboxylic acids is 2. The van der Waals surface area contributed by atoms with Crippen LogP contribution in [0.4, 0.5) is 0 Å². The second kappa shape index (κ2) is 33.3. The first-order valence-electron chi connectivity index (χ1n) is 18.3. The molecule has 0 bridgehead atoms. The fraction of sp³-hybridized carbons (Fsp3) is 0.941. The summed E-state index contributed by atoms with van der Waals surface area (Å²) in [6, 6.07) is 0. The number of aliphatic hydroxyl groups is 4. The van der Waals surface area contributed by atoms with E-state index in [0.29, 0.717) is 79.0 Å². The van der Waals surface area contributed by atoms with E-state index in [4.69, 9.17) is 37.9 Å². The Labute approximate surface area is 297 Å². The first-order chi connectivity index (χ1) is 24.4. The summed E-state index contributed by atoms with van der Waals surface area (Å²) in [6.45, 7) is 6.24. The average Bonchev–Trinajstić information content (AvgIpc) is 3.11. The molecule has 0 aromatic rings. The lowest BCUT2D eigenvalue weighted by Gasteiger charge is -2.39. The zero-order valence-electron chi connectivity index (χ0n) is 30.1. The SMILES string of the molecule is CCCCCCCCCCCC(=O)NCCOCCOCCOCC(=O)NCCOCCOCCOCCO[C@H]1O[C@H](CO)[C@@H](O)[C@H](O)[C@@H]1O. The molecule has 5 atom stereocenters. The minimum absolute atomic E-state index is 0.0646. The smallest absolute Gasteiger partial charge is 0.246 e. The van der Waals surface area contributed by atoms with Gasteiger partial charge < -0.3 is 69.0 Å². The third-order valence-electron chi connectivity index (χ3n) is 7.72. The van der Waals surface area contributed by atoms with Gasteiger partial charge in [-0.25, -0.2) is 0 Å². The van der Waals surface area contributed by atoms with Crippen molar-refractivity contribution in [3.8, 4) is 0 Å². The number of ether oxygens (including phenoxy) is 8. The zero-order chi connectivity index (χ0) is 36.5. The van der Waals surface area contributed by atoms with Crippen molar-refractivity contribution in [2.75, 3.05) is 106 Å². The first kappa shape index (κ1) is 46.5. The van der Waals surface area contributed by atoms with Gasteiger partial charge in [-0.15, -0.1) is 0 Å². The summed E-state index contributed by atoms with van der Waals surface area (Å²) in [5.74, 6) is -0.173. The molecule has 1 heterocycles. The third kappa shape index (κ3) is 25.4. The molecule has 0 spiro atoms. The molecule has 2 amide bonds. The van der Waals surface area contributed by atoms with Crippen molar-refractivity contribution < 1.29 is 67.9 Å². The highest BCUT2D eigenvalue weighted by Crippen LogP contribution is 2.21. The molecule has 1 aliphatic rings. The zero-order valence-corrected chi connectivity index (χ0v) is 30.1. The second-order valence-electron chi connectivity index (χ2n) is 12.0. The van der Waals surface area contributed by atoms with Gasteiger partial charge in [0.2, 0.25) is 11.8 Å². The van der Waals surface area contributed by atoms with Gasteiger partial charge >= 0.3 is 0 Å². The minimum atomic E-state index is -1.49. The minimum Gasteiger partial charge on any atom is -0.394 e. The molecular formula is C34H66N2O14. The Morgan fingerprint density at radius 3 is 1.56 bits per heavy atom. The van der Waals surface area contributed by atoms with Crippen molar-refractivity contribution in [2.24, 2.45) is 0 Å². The topological polar surface area (TPSA) is 213 Å². The van der Waals surface area contributed by atoms with Crippen LogP contribution in [0.2, 0.25) is 0 Å². The highest BCUT2D eigenvalue weighted by atomic mass is 16.7. The Morgan fingerprint density at radius 2 is 1.02 bits per heavy atom. The monoisotopic (exact) mass is 726 g/mol. The molecule has 0 aromatic carbocycles. The number of hydrogen-bond acceptors (Lipinski definition) is 14. The molecule has 16 heteroatoms. The summed E-state index contributed by atoms with van der Waals surface area (Å²) in [6.07, 6.45) is 5.10. The Kier molecular flexibility index (Phi) is 31.0. The number of unbranched alkanes of at least 4 members (excludes halogenated alkanes) is 8. The fourth-order valence-electron chi connectivity index (χ4n) is 4.84. The maximum atomic E-state index is 11.9. The molecule has 0 unspecified atom stereocenters. The van der Waals surface area contributed by atoms with Crippen molar-refractivity contribution in [3.05, 3.63) is 0 Å². The lowest BCUT2D eigenvalue weighted by molar-refractivity contribution is -0.302. The van der Waals surface area contributed by atoms with Gasteiger partial charge in [0.25, 0.3) is 0 Å². The number of nitrogens with one attached hydrogen (secondary N) is 2. The molecule has 0 radical (unpaired) electrons. The van der Waals surface area contributed by atoms with E-state index in [2.05, 4.69) is 17.6 Å². The normalized spacial score (nSPS) is 20.6. The van der Waals surface area contributed by atoms with E-state index in [9.17, 15) is 30.0 Å². The van der Waals surface area contributed by atoms with Crippen LogP contribution in [0.3, 0.4) is 0 Å². The lowest BCUT2D eigenvalue weighted by Crippen LogP contribution is -2.59. The molecular weight excluding hydrogens is 660 g/mol. The van der Waals surface area contributed by atoms with Crippen LogP contribution < -0.4 is 10.6 Å². The maximum Gasteiger partial charge on any atom is 0.246 e. The van der Waals surface area contributed by atoms with Crippen molar-refractivity contribution >= 4 is 11.8 Å². The average molecular weight is 727 g/mol. The van der Waals surface area contributed by atoms with Gasteiger partial charge in [-0.05, 0) is 6.42 Å². The molecule has 1 fully saturated rings. The first-order valence-corrected chi connectivity index (χ1v) is 18.3. The predicted octanol–water partition coefficient (Wildman–Crippen LogP) is 0.0558. The highest BCUT2D eigenvalue weighted by molar-refractivity contribution is 5.77. The largest absolute Gasteiger partial charge is 0.394 e. The number of hydrogen-bond donors (Lipinski definition) is 6. The van der Waals surface area contributed by atoms with Crippen molar-refractivity contribution in [3.63, 3.8) is 0 Å². The van der Waals surface area contributed by atoms with Gasteiger partial charge in [-0.1, -0.05) is 58.3 Å². The van der Waals surface area contributed by atoms with E-state index in [1.165, 1.54) is 44.9 Å². The van der Waals surface area contributed by atoms with Crippen LogP contribution in [0, 0.1) is 0 Å². The molecule has 6 N–H and O–H groups in total. The van der Waals surface area contributed by atoms with Gasteiger partial charge in [0.05, 0.1) is 85.9 Å². The number of aliphatic hydroxyl groups excluding tert-OH is 4. The van der Waals surface area contributed by atoms with E-state index in [1.807, 2.05) is 0 Å². The molecule has 16 nitrogen and oxygen atoms in total. The van der Waals surface area contributed by atoms with Gasteiger partial charge in [0, 0.05) is 19.5 Å². The molecule has 50 heavy (non-hydrogen) atoms. The van der Waals surface area contributed by atoms with Crippen molar-refractivity contribution in [2.45, 2.75) is 102 Å². The van der Waals surface area contributed by atoms with Crippen LogP contribution >= 0.6 is 0 Å². The summed E-state index contributed by atoms with van der Waals surface area (Å²) >= 11 is 0. The molecule has 0 aliphatic carbocycles. The molecule has 1 rings (SSSR count). The van der Waals surface area contributed by atoms with Crippen LogP contribution in [0.25, 0.3) is 0 Å². The lowest BCUT2D eigenvalue weighted by atomic mass is 9.99. The van der Waals surface area contributed by atoms with Crippen LogP contribution in [-0.4, -0.2) is 169 Å². The summed E-state index contributed by atoms with van der Waals surface area (Å²) < 4.78 is 42.9. The van der Waals surface area contributed by atoms with Crippen molar-refractivity contribution in [1.82, 2.24) is 10.6 Å². The third-order valence-corrected chi connectivity index (χ3v) is 7.72. The summed E-state index contributed by atoms with van der Waals surface area (Å²) in [7, 11) is 0. The van der Waals surface area contributed by atoms with Crippen molar-refractivity contribution in [1.29, 1.82) is 0 Å². The Balaban J connectivity index is 1.76. The summed E-state index contributed by atoms with van der Waals surface area (Å²) in [5.41, 5.74) is 0. The van der Waals surface area contributed by atoms with Gasteiger partial charge in [0.15, 0.2) is 6.29 Å². The second-order valence-corrected chi connectivity index (χ2v) is 12.0. The van der Waals surface area contributed by atoms with Gasteiger partial charge in [-0.3, -0.25) is 9.59 Å². The Hall–Kier alpha value is -1.54. The van der Waals surface area contributed by atoms with Crippen LogP contribution in [0.1, 0.15) is 71.1 Å². The summed E-state index contributed by atoms with van der Waals surface area (Å²) in [4.78, 5) is 23.7. The predicted molar refractivity (Wildman–Crippen MR) is 182 cm³/mol. The Bertz CT molecular complexity index is 797. The Morgan fingerprint density at radius 1 is 0.560 bits per heavy atom. The van der Waals surface area contributed by atoms with E-state index in [1.54, 1.807) is 0 Å². The number of rotatable bonds is 35. The maximum absolute atomic E-state index is 11.9. The molecule has 296 valence electrons. The van der Waals surface area contributed by atoms with Gasteiger partial charge in [-0.2, -0.15) is 0 Å². The number of amides is 2. The van der Waals surface area contributed by atoms with E-state index < -0.39 is 37.3 Å². The van der Waals surface area contributed by atoms with E-state index in [-0.39, 0.29) is 38.2 Å². The molecule has 0 saturated carbocycles. The van der Waals surface area contributed by atoms with Crippen LogP contribution in [-0.2, 0) is 47.5 Å². The van der Waals surface area contributed by atoms with Crippen LogP contribution in [0.15, 0.2) is 0 Å². The highest BCUT2D eigenvalue weighted by Gasteiger charge is 2.43. The van der Waals surface area contributed by atoms with E-state index >= 15 is 0 Å². The summed E-state index contributed by atoms with van der Waals surface area (Å²) in [5, 5.41) is 44.2. The number of carbonyl (C=O) groups is 2. The van der Waals surface area contributed by atoms with E-state index in [0.717, 1.165) is 12.8 Å². The van der Waals surface area contributed by atoms with Gasteiger partial charge in [0.1, 0.15) is 31.0 Å². The standard InChI is InChI=1S/C34H66N2O14/c1-2-3-4-5-6-7-8-9-10-11-29(38)35-12-14-43-17-19-46-22-23-48-27-30(39)36-13-15-44-16-18-45-20-21-47-24-25-49-34-33(42)32(41)31(40)28(26-37)50-34/h28,31-34,37,40-42H,2-27H2,1H3,(H,35,38)(H,36,39)/t28-,31-,32+,33+,34+/m1/s1. The molecule has 1 aliphatic heterocycles. The molecule has 0 aromatic heterocycles. The fourth-order valence-corrected chi connectivity index (χ4v) is 4.84. The molecule has 1 saturated heterocycles. The quantitative estimate of drug-likeness (QED) is 0.0477.